The molecule has 0 aliphatic carbocycles. The lowest BCUT2D eigenvalue weighted by molar-refractivity contribution is -0.138. The molecule has 0 saturated heterocycles. The molecule has 1 rings (SSSR count). The minimum atomic E-state index is -4.01. The minimum Gasteiger partial charge on any atom is -0.497 e. The monoisotopic (exact) mass is 293 g/mol. The van der Waals surface area contributed by atoms with Crippen LogP contribution in [0.15, 0.2) is 23.1 Å². The molecule has 1 atom stereocenters. The predicted octanol–water partition coefficient (Wildman–Crippen LogP) is 1.10. The largest absolute Gasteiger partial charge is 0.497 e. The Labute approximate surface area is 110 Å². The van der Waals surface area contributed by atoms with Gasteiger partial charge in [0.2, 0.25) is 10.0 Å². The summed E-state index contributed by atoms with van der Waals surface area (Å²) in [7, 11) is -2.63. The fourth-order valence-corrected chi connectivity index (χ4v) is 2.87. The summed E-state index contributed by atoms with van der Waals surface area (Å²) in [5, 5.41) is 8.66. The summed E-state index contributed by atoms with van der Waals surface area (Å²) >= 11 is 5.78. The van der Waals surface area contributed by atoms with Crippen LogP contribution in [0.1, 0.15) is 6.92 Å². The van der Waals surface area contributed by atoms with Crippen molar-refractivity contribution in [1.82, 2.24) is 4.72 Å². The Hall–Kier alpha value is -1.31. The second-order valence-corrected chi connectivity index (χ2v) is 5.57. The lowest BCUT2D eigenvalue weighted by atomic mass is 10.3. The van der Waals surface area contributed by atoms with Crippen molar-refractivity contribution < 1.29 is 23.1 Å². The third-order valence-corrected chi connectivity index (χ3v) is 4.15. The molecule has 1 aromatic carbocycles. The molecule has 8 heteroatoms. The van der Waals surface area contributed by atoms with Crippen LogP contribution < -0.4 is 9.46 Å². The maximum atomic E-state index is 11.9. The molecule has 0 aliphatic rings. The number of methoxy groups -OCH3 is 1. The van der Waals surface area contributed by atoms with Crippen molar-refractivity contribution >= 4 is 27.6 Å². The van der Waals surface area contributed by atoms with Crippen molar-refractivity contribution in [3.05, 3.63) is 23.2 Å². The second kappa shape index (κ2) is 5.55. The Kier molecular flexibility index (Phi) is 4.55. The van der Waals surface area contributed by atoms with Crippen molar-refractivity contribution in [3.63, 3.8) is 0 Å². The first kappa shape index (κ1) is 14.7. The van der Waals surface area contributed by atoms with Gasteiger partial charge in [0, 0.05) is 6.07 Å². The summed E-state index contributed by atoms with van der Waals surface area (Å²) in [6.07, 6.45) is 0. The molecule has 100 valence electrons. The number of rotatable bonds is 5. The van der Waals surface area contributed by atoms with Gasteiger partial charge in [-0.05, 0) is 19.1 Å². The summed E-state index contributed by atoms with van der Waals surface area (Å²) in [4.78, 5) is 10.4. The van der Waals surface area contributed by atoms with Gasteiger partial charge in [-0.15, -0.1) is 0 Å². The first-order valence-corrected chi connectivity index (χ1v) is 6.72. The number of carbonyl (C=O) groups is 1. The number of sulfonamides is 1. The summed E-state index contributed by atoms with van der Waals surface area (Å²) in [6.45, 7) is 1.22. The number of nitrogens with one attached hydrogen (secondary N) is 1. The van der Waals surface area contributed by atoms with Crippen molar-refractivity contribution in [3.8, 4) is 5.75 Å². The quantitative estimate of drug-likeness (QED) is 0.848. The molecule has 0 aliphatic heterocycles. The fraction of sp³-hybridized carbons (Fsp3) is 0.300. The van der Waals surface area contributed by atoms with Crippen LogP contribution in [0.4, 0.5) is 0 Å². The van der Waals surface area contributed by atoms with E-state index in [0.29, 0.717) is 5.75 Å². The average Bonchev–Trinajstić information content (AvgIpc) is 2.28. The second-order valence-electron chi connectivity index (χ2n) is 3.48. The third-order valence-electron chi connectivity index (χ3n) is 2.13. The third kappa shape index (κ3) is 3.34. The number of halogens is 1. The summed E-state index contributed by atoms with van der Waals surface area (Å²) in [6, 6.07) is 2.83. The Morgan fingerprint density at radius 1 is 1.50 bits per heavy atom. The Morgan fingerprint density at radius 2 is 2.11 bits per heavy atom. The smallest absolute Gasteiger partial charge is 0.321 e. The first-order chi connectivity index (χ1) is 8.27. The van der Waals surface area contributed by atoms with Crippen LogP contribution in [0.25, 0.3) is 0 Å². The van der Waals surface area contributed by atoms with Crippen LogP contribution in [0.5, 0.6) is 5.75 Å². The van der Waals surface area contributed by atoms with Crippen LogP contribution in [0.3, 0.4) is 0 Å². The van der Waals surface area contributed by atoms with Gasteiger partial charge in [0.25, 0.3) is 0 Å². The highest BCUT2D eigenvalue weighted by Gasteiger charge is 2.24. The molecule has 0 heterocycles. The Morgan fingerprint density at radius 3 is 2.61 bits per heavy atom. The van der Waals surface area contributed by atoms with Gasteiger partial charge in [-0.25, -0.2) is 8.42 Å². The van der Waals surface area contributed by atoms with Gasteiger partial charge >= 0.3 is 5.97 Å². The molecule has 0 spiro atoms. The molecular formula is C10H12ClNO5S. The van der Waals surface area contributed by atoms with Gasteiger partial charge < -0.3 is 9.84 Å². The van der Waals surface area contributed by atoms with E-state index in [9.17, 15) is 13.2 Å². The Balaban J connectivity index is 3.16. The van der Waals surface area contributed by atoms with Gasteiger partial charge in [0.15, 0.2) is 0 Å². The molecule has 18 heavy (non-hydrogen) atoms. The van der Waals surface area contributed by atoms with Crippen molar-refractivity contribution in [2.75, 3.05) is 7.11 Å². The topological polar surface area (TPSA) is 92.7 Å². The van der Waals surface area contributed by atoms with Crippen molar-refractivity contribution in [2.45, 2.75) is 17.9 Å². The lowest BCUT2D eigenvalue weighted by Gasteiger charge is -2.12. The van der Waals surface area contributed by atoms with E-state index in [1.807, 2.05) is 4.72 Å². The van der Waals surface area contributed by atoms with Crippen LogP contribution in [-0.4, -0.2) is 32.6 Å². The minimum absolute atomic E-state index is 0.0131. The van der Waals surface area contributed by atoms with Crippen LogP contribution in [-0.2, 0) is 14.8 Å². The van der Waals surface area contributed by atoms with E-state index in [-0.39, 0.29) is 9.92 Å². The van der Waals surface area contributed by atoms with Crippen molar-refractivity contribution in [2.24, 2.45) is 0 Å². The summed E-state index contributed by atoms with van der Waals surface area (Å²) in [5.41, 5.74) is 0. The number of carboxylic acids is 1. The molecule has 0 aromatic heterocycles. The van der Waals surface area contributed by atoms with Gasteiger partial charge in [0.05, 0.1) is 12.1 Å². The highest BCUT2D eigenvalue weighted by atomic mass is 35.5. The predicted molar refractivity (Wildman–Crippen MR) is 65.4 cm³/mol. The Bertz CT molecular complexity index is 557. The highest BCUT2D eigenvalue weighted by molar-refractivity contribution is 7.89. The van der Waals surface area contributed by atoms with E-state index < -0.39 is 22.0 Å². The number of aliphatic carboxylic acids is 1. The van der Waals surface area contributed by atoms with E-state index in [1.54, 1.807) is 0 Å². The summed E-state index contributed by atoms with van der Waals surface area (Å²) < 4.78 is 30.7. The first-order valence-electron chi connectivity index (χ1n) is 4.86. The molecule has 1 aromatic rings. The zero-order valence-corrected chi connectivity index (χ0v) is 11.2. The normalized spacial score (nSPS) is 13.1. The number of ether oxygens (including phenoxy) is 1. The van der Waals surface area contributed by atoms with Crippen LogP contribution in [0.2, 0.25) is 5.02 Å². The fourth-order valence-electron chi connectivity index (χ4n) is 1.16. The van der Waals surface area contributed by atoms with E-state index in [4.69, 9.17) is 21.4 Å². The zero-order chi connectivity index (χ0) is 13.9. The van der Waals surface area contributed by atoms with Crippen molar-refractivity contribution in [1.29, 1.82) is 0 Å². The van der Waals surface area contributed by atoms with Gasteiger partial charge in [-0.3, -0.25) is 4.79 Å². The number of benzene rings is 1. The van der Waals surface area contributed by atoms with Gasteiger partial charge in [0.1, 0.15) is 16.7 Å². The van der Waals surface area contributed by atoms with Gasteiger partial charge in [-0.1, -0.05) is 11.6 Å². The molecule has 2 N–H and O–H groups in total. The molecule has 0 radical (unpaired) electrons. The van der Waals surface area contributed by atoms with E-state index in [2.05, 4.69) is 0 Å². The van der Waals surface area contributed by atoms with Crippen LogP contribution >= 0.6 is 11.6 Å². The SMILES string of the molecule is COc1ccc(Cl)c(S(=O)(=O)NC(C)C(=O)O)c1. The zero-order valence-electron chi connectivity index (χ0n) is 9.68. The lowest BCUT2D eigenvalue weighted by Crippen LogP contribution is -2.38. The molecule has 6 nitrogen and oxygen atoms in total. The van der Waals surface area contributed by atoms with E-state index in [0.717, 1.165) is 0 Å². The van der Waals surface area contributed by atoms with Crippen LogP contribution in [0, 0.1) is 0 Å². The maximum absolute atomic E-state index is 11.9. The number of carboxylic acid groups (broad SMARTS) is 1. The molecule has 1 unspecified atom stereocenters. The molecule has 0 saturated carbocycles. The average molecular weight is 294 g/mol. The standard InChI is InChI=1S/C10H12ClNO5S/c1-6(10(13)14)12-18(15,16)9-5-7(17-2)3-4-8(9)11/h3-6,12H,1-2H3,(H,13,14). The number of hydrogen-bond acceptors (Lipinski definition) is 4. The highest BCUT2D eigenvalue weighted by Crippen LogP contribution is 2.26. The van der Waals surface area contributed by atoms with Gasteiger partial charge in [-0.2, -0.15) is 4.72 Å². The van der Waals surface area contributed by atoms with E-state index in [1.165, 1.54) is 32.2 Å². The molecule has 0 fully saturated rings. The number of hydrogen-bond donors (Lipinski definition) is 2. The molecular weight excluding hydrogens is 282 g/mol. The molecule has 0 bridgehead atoms. The molecule has 0 amide bonds. The summed E-state index contributed by atoms with van der Waals surface area (Å²) in [5.74, 6) is -0.972. The van der Waals surface area contributed by atoms with E-state index >= 15 is 0 Å². The maximum Gasteiger partial charge on any atom is 0.321 e.